The molecule has 132 valence electrons. The number of nitrogens with one attached hydrogen (secondary N) is 1. The molecule has 0 aromatic carbocycles. The molecule has 25 heavy (non-hydrogen) atoms. The predicted octanol–water partition coefficient (Wildman–Crippen LogP) is 1.56. The van der Waals surface area contributed by atoms with Crippen LogP contribution in [0.2, 0.25) is 0 Å². The third-order valence-electron chi connectivity index (χ3n) is 5.35. The molecule has 3 heterocycles. The number of nitrogens with zero attached hydrogens (tertiary/aromatic N) is 4. The summed E-state index contributed by atoms with van der Waals surface area (Å²) in [5.41, 5.74) is 2.34. The van der Waals surface area contributed by atoms with E-state index < -0.39 is 0 Å². The van der Waals surface area contributed by atoms with Crippen LogP contribution in [0.3, 0.4) is 0 Å². The molecule has 1 aliphatic heterocycles. The van der Waals surface area contributed by atoms with Crippen LogP contribution in [0, 0.1) is 11.8 Å². The molecule has 0 bridgehead atoms. The van der Waals surface area contributed by atoms with E-state index in [-0.39, 0.29) is 11.8 Å². The number of imidazole rings is 1. The summed E-state index contributed by atoms with van der Waals surface area (Å²) >= 11 is 0. The van der Waals surface area contributed by atoms with Crippen LogP contribution in [-0.2, 0) is 18.4 Å². The van der Waals surface area contributed by atoms with Crippen molar-refractivity contribution in [3.63, 3.8) is 0 Å². The van der Waals surface area contributed by atoms with Crippen molar-refractivity contribution in [1.82, 2.24) is 24.8 Å². The third-order valence-corrected chi connectivity index (χ3v) is 5.35. The van der Waals surface area contributed by atoms with Gasteiger partial charge >= 0.3 is 0 Å². The molecule has 1 amide bonds. The SMILES string of the molecule is Cn1cncc1[C@@H]1CN(Cc2ccccn2)C[C@H]1CNC(=O)C1CC1. The average Bonchev–Trinajstić information content (AvgIpc) is 3.28. The predicted molar refractivity (Wildman–Crippen MR) is 94.7 cm³/mol. The molecule has 4 rings (SSSR count). The van der Waals surface area contributed by atoms with Gasteiger partial charge in [-0.25, -0.2) is 4.98 Å². The standard InChI is InChI=1S/C19H25N5O/c1-23-13-20-9-18(23)17-12-24(11-16-4-2-3-7-21-16)10-15(17)8-22-19(25)14-5-6-14/h2-4,7,9,13-15,17H,5-6,8,10-12H2,1H3,(H,22,25)/t15-,17-/m1/s1. The molecular formula is C19H25N5O. The van der Waals surface area contributed by atoms with Crippen LogP contribution >= 0.6 is 0 Å². The molecule has 2 aliphatic rings. The smallest absolute Gasteiger partial charge is 0.223 e. The highest BCUT2D eigenvalue weighted by Gasteiger charge is 2.37. The van der Waals surface area contributed by atoms with Gasteiger partial charge in [0.15, 0.2) is 0 Å². The lowest BCUT2D eigenvalue weighted by Gasteiger charge is -2.19. The minimum Gasteiger partial charge on any atom is -0.356 e. The highest BCUT2D eigenvalue weighted by atomic mass is 16.2. The molecule has 6 heteroatoms. The maximum absolute atomic E-state index is 12.0. The number of pyridine rings is 1. The van der Waals surface area contributed by atoms with Gasteiger partial charge in [-0.05, 0) is 30.9 Å². The maximum Gasteiger partial charge on any atom is 0.223 e. The number of likely N-dealkylation sites (tertiary alicyclic amines) is 1. The zero-order valence-electron chi connectivity index (χ0n) is 14.6. The molecule has 1 saturated heterocycles. The quantitative estimate of drug-likeness (QED) is 0.867. The van der Waals surface area contributed by atoms with Gasteiger partial charge in [0.25, 0.3) is 0 Å². The molecule has 0 radical (unpaired) electrons. The van der Waals surface area contributed by atoms with E-state index in [1.807, 2.05) is 37.9 Å². The molecular weight excluding hydrogens is 314 g/mol. The normalized spacial score (nSPS) is 23.7. The minimum atomic E-state index is 0.229. The second-order valence-corrected chi connectivity index (χ2v) is 7.33. The van der Waals surface area contributed by atoms with Crippen molar-refractivity contribution in [3.05, 3.63) is 48.3 Å². The number of hydrogen-bond donors (Lipinski definition) is 1. The Morgan fingerprint density at radius 2 is 2.20 bits per heavy atom. The first kappa shape index (κ1) is 16.3. The van der Waals surface area contributed by atoms with Crippen LogP contribution in [0.25, 0.3) is 0 Å². The van der Waals surface area contributed by atoms with Gasteiger partial charge in [-0.2, -0.15) is 0 Å². The van der Waals surface area contributed by atoms with Crippen LogP contribution in [-0.4, -0.2) is 45.0 Å². The monoisotopic (exact) mass is 339 g/mol. The summed E-state index contributed by atoms with van der Waals surface area (Å²) < 4.78 is 2.10. The van der Waals surface area contributed by atoms with Gasteiger partial charge in [-0.15, -0.1) is 0 Å². The van der Waals surface area contributed by atoms with E-state index in [0.29, 0.717) is 11.8 Å². The lowest BCUT2D eigenvalue weighted by Crippen LogP contribution is -2.33. The number of hydrogen-bond acceptors (Lipinski definition) is 4. The Balaban J connectivity index is 1.45. The van der Waals surface area contributed by atoms with Crippen molar-refractivity contribution < 1.29 is 4.79 Å². The molecule has 1 N–H and O–H groups in total. The first-order valence-electron chi connectivity index (χ1n) is 9.07. The summed E-state index contributed by atoms with van der Waals surface area (Å²) in [6.45, 7) is 3.53. The van der Waals surface area contributed by atoms with Crippen LogP contribution in [0.1, 0.15) is 30.1 Å². The lowest BCUT2D eigenvalue weighted by molar-refractivity contribution is -0.122. The summed E-state index contributed by atoms with van der Waals surface area (Å²) in [4.78, 5) is 23.2. The number of aryl methyl sites for hydroxylation is 1. The second kappa shape index (κ2) is 6.96. The molecule has 0 spiro atoms. The topological polar surface area (TPSA) is 63.1 Å². The Labute approximate surface area is 148 Å². The summed E-state index contributed by atoms with van der Waals surface area (Å²) in [6, 6.07) is 6.05. The number of rotatable bonds is 6. The maximum atomic E-state index is 12.0. The summed E-state index contributed by atoms with van der Waals surface area (Å²) in [6.07, 6.45) is 7.76. The Hall–Kier alpha value is -2.21. The first-order chi connectivity index (χ1) is 12.2. The number of amides is 1. The van der Waals surface area contributed by atoms with Gasteiger partial charge in [0.05, 0.1) is 12.0 Å². The number of carbonyl (C=O) groups excluding carboxylic acids is 1. The highest BCUT2D eigenvalue weighted by molar-refractivity contribution is 5.80. The van der Waals surface area contributed by atoms with E-state index in [0.717, 1.165) is 44.7 Å². The molecule has 2 aromatic heterocycles. The zero-order chi connectivity index (χ0) is 17.2. The van der Waals surface area contributed by atoms with Crippen molar-refractivity contribution in [2.75, 3.05) is 19.6 Å². The van der Waals surface area contributed by atoms with Gasteiger partial charge in [0, 0.05) is 63.2 Å². The first-order valence-corrected chi connectivity index (χ1v) is 9.07. The lowest BCUT2D eigenvalue weighted by atomic mass is 9.93. The summed E-state index contributed by atoms with van der Waals surface area (Å²) in [5.74, 6) is 1.28. The van der Waals surface area contributed by atoms with Gasteiger partial charge < -0.3 is 9.88 Å². The van der Waals surface area contributed by atoms with Crippen LogP contribution in [0.4, 0.5) is 0 Å². The minimum absolute atomic E-state index is 0.229. The molecule has 1 saturated carbocycles. The van der Waals surface area contributed by atoms with Crippen molar-refractivity contribution in [2.24, 2.45) is 18.9 Å². The molecule has 2 fully saturated rings. The molecule has 2 aromatic rings. The van der Waals surface area contributed by atoms with E-state index in [2.05, 4.69) is 30.8 Å². The van der Waals surface area contributed by atoms with E-state index in [4.69, 9.17) is 0 Å². The highest BCUT2D eigenvalue weighted by Crippen LogP contribution is 2.33. The summed E-state index contributed by atoms with van der Waals surface area (Å²) in [7, 11) is 2.05. The van der Waals surface area contributed by atoms with Gasteiger partial charge in [0.2, 0.25) is 5.91 Å². The van der Waals surface area contributed by atoms with Crippen LogP contribution < -0.4 is 5.32 Å². The van der Waals surface area contributed by atoms with E-state index in [9.17, 15) is 4.79 Å². The number of aromatic nitrogens is 3. The fourth-order valence-electron chi connectivity index (χ4n) is 3.80. The van der Waals surface area contributed by atoms with Gasteiger partial charge in [-0.1, -0.05) is 6.07 Å². The Bertz CT molecular complexity index is 724. The van der Waals surface area contributed by atoms with Gasteiger partial charge in [-0.3, -0.25) is 14.7 Å². The van der Waals surface area contributed by atoms with Crippen molar-refractivity contribution in [2.45, 2.75) is 25.3 Å². The van der Waals surface area contributed by atoms with Crippen molar-refractivity contribution in [3.8, 4) is 0 Å². The average molecular weight is 339 g/mol. The fourth-order valence-corrected chi connectivity index (χ4v) is 3.80. The Morgan fingerprint density at radius 1 is 1.32 bits per heavy atom. The van der Waals surface area contributed by atoms with Crippen molar-refractivity contribution in [1.29, 1.82) is 0 Å². The van der Waals surface area contributed by atoms with Crippen LogP contribution in [0.15, 0.2) is 36.9 Å². The van der Waals surface area contributed by atoms with Crippen LogP contribution in [0.5, 0.6) is 0 Å². The molecule has 0 unspecified atom stereocenters. The Kier molecular flexibility index (Phi) is 4.53. The molecule has 6 nitrogen and oxygen atoms in total. The molecule has 2 atom stereocenters. The summed E-state index contributed by atoms with van der Waals surface area (Å²) in [5, 5.41) is 3.17. The Morgan fingerprint density at radius 3 is 2.88 bits per heavy atom. The van der Waals surface area contributed by atoms with Gasteiger partial charge in [0.1, 0.15) is 0 Å². The largest absolute Gasteiger partial charge is 0.356 e. The zero-order valence-corrected chi connectivity index (χ0v) is 14.6. The van der Waals surface area contributed by atoms with Crippen molar-refractivity contribution >= 4 is 5.91 Å². The third kappa shape index (κ3) is 3.74. The van der Waals surface area contributed by atoms with E-state index in [1.54, 1.807) is 0 Å². The fraction of sp³-hybridized carbons (Fsp3) is 0.526. The van der Waals surface area contributed by atoms with E-state index >= 15 is 0 Å². The molecule has 1 aliphatic carbocycles. The van der Waals surface area contributed by atoms with E-state index in [1.165, 1.54) is 5.69 Å². The second-order valence-electron chi connectivity index (χ2n) is 7.33. The number of carbonyl (C=O) groups is 1.